The van der Waals surface area contributed by atoms with Crippen molar-refractivity contribution in [1.29, 1.82) is 5.26 Å². The second-order valence-electron chi connectivity index (χ2n) is 6.58. The van der Waals surface area contributed by atoms with Gasteiger partial charge in [-0.2, -0.15) is 5.26 Å². The normalized spacial score (nSPS) is 17.9. The Morgan fingerprint density at radius 3 is 2.52 bits per heavy atom. The van der Waals surface area contributed by atoms with Crippen molar-refractivity contribution in [3.63, 3.8) is 0 Å². The third-order valence-corrected chi connectivity index (χ3v) is 4.80. The summed E-state index contributed by atoms with van der Waals surface area (Å²) in [6.45, 7) is 2.54. The molecule has 0 bridgehead atoms. The van der Waals surface area contributed by atoms with Gasteiger partial charge in [-0.25, -0.2) is 0 Å². The molecule has 0 aromatic heterocycles. The molecule has 0 aliphatic carbocycles. The molecule has 2 aromatic rings. The molecule has 0 saturated carbocycles. The lowest BCUT2D eigenvalue weighted by molar-refractivity contribution is -0.136. The Bertz CT molecular complexity index is 749. The van der Waals surface area contributed by atoms with E-state index in [1.54, 1.807) is 0 Å². The van der Waals surface area contributed by atoms with Crippen LogP contribution in [0.4, 0.5) is 0 Å². The third-order valence-electron chi connectivity index (χ3n) is 4.80. The first-order valence-corrected chi connectivity index (χ1v) is 8.69. The van der Waals surface area contributed by atoms with E-state index in [0.717, 1.165) is 25.2 Å². The van der Waals surface area contributed by atoms with E-state index in [4.69, 9.17) is 5.26 Å². The minimum Gasteiger partial charge on any atom is -0.333 e. The molecule has 3 rings (SSSR count). The van der Waals surface area contributed by atoms with Crippen LogP contribution in [0.15, 0.2) is 54.6 Å². The number of piperazine rings is 1. The van der Waals surface area contributed by atoms with Crippen LogP contribution in [0, 0.1) is 11.3 Å². The predicted octanol–water partition coefficient (Wildman–Crippen LogP) is 3.01. The maximum absolute atomic E-state index is 12.8. The molecule has 1 fully saturated rings. The molecule has 0 spiro atoms. The second kappa shape index (κ2) is 7.96. The van der Waals surface area contributed by atoms with Crippen molar-refractivity contribution in [2.75, 3.05) is 26.7 Å². The van der Waals surface area contributed by atoms with Crippen LogP contribution in [-0.2, 0) is 11.2 Å². The van der Waals surface area contributed by atoms with Gasteiger partial charge >= 0.3 is 0 Å². The number of likely N-dealkylation sites (N-methyl/N-ethyl adjacent to an activating group) is 1. The van der Waals surface area contributed by atoms with Crippen molar-refractivity contribution in [2.45, 2.75) is 18.9 Å². The molecule has 1 atom stereocenters. The Balaban J connectivity index is 1.67. The minimum absolute atomic E-state index is 0.119. The summed E-state index contributed by atoms with van der Waals surface area (Å²) in [5.41, 5.74) is 2.94. The zero-order valence-electron chi connectivity index (χ0n) is 14.6. The van der Waals surface area contributed by atoms with Gasteiger partial charge in [0.2, 0.25) is 5.91 Å². The van der Waals surface area contributed by atoms with E-state index in [0.29, 0.717) is 18.4 Å². The van der Waals surface area contributed by atoms with Gasteiger partial charge in [-0.15, -0.1) is 0 Å². The van der Waals surface area contributed by atoms with Gasteiger partial charge in [0, 0.05) is 26.1 Å². The topological polar surface area (TPSA) is 47.3 Å². The van der Waals surface area contributed by atoms with Gasteiger partial charge in [-0.3, -0.25) is 4.79 Å². The largest absolute Gasteiger partial charge is 0.333 e. The summed E-state index contributed by atoms with van der Waals surface area (Å²) in [6.07, 6.45) is 1.21. The van der Waals surface area contributed by atoms with E-state index in [2.05, 4.69) is 30.1 Å². The fraction of sp³-hybridized carbons (Fsp3) is 0.333. The number of benzene rings is 2. The fourth-order valence-electron chi connectivity index (χ4n) is 3.32. The first kappa shape index (κ1) is 17.2. The number of nitrogens with zero attached hydrogens (tertiary/aromatic N) is 3. The molecule has 0 N–H and O–H groups in total. The molecule has 1 amide bonds. The van der Waals surface area contributed by atoms with Crippen LogP contribution in [-0.4, -0.2) is 42.4 Å². The summed E-state index contributed by atoms with van der Waals surface area (Å²) in [5, 5.41) is 8.86. The Morgan fingerprint density at radius 2 is 1.84 bits per heavy atom. The SMILES string of the molecule is CN1CCN(C(=O)CCc2ccc(C#N)cc2)C(c2ccccc2)C1. The van der Waals surface area contributed by atoms with Crippen molar-refractivity contribution in [2.24, 2.45) is 0 Å². The van der Waals surface area contributed by atoms with Crippen molar-refractivity contribution < 1.29 is 4.79 Å². The lowest BCUT2D eigenvalue weighted by Crippen LogP contribution is -2.49. The smallest absolute Gasteiger partial charge is 0.223 e. The van der Waals surface area contributed by atoms with Crippen LogP contribution in [0.3, 0.4) is 0 Å². The number of nitriles is 1. The highest BCUT2D eigenvalue weighted by molar-refractivity contribution is 5.77. The molecule has 1 aliphatic rings. The number of amides is 1. The zero-order chi connectivity index (χ0) is 17.6. The Labute approximate surface area is 149 Å². The predicted molar refractivity (Wildman–Crippen MR) is 97.9 cm³/mol. The third kappa shape index (κ3) is 4.26. The van der Waals surface area contributed by atoms with Crippen LogP contribution < -0.4 is 0 Å². The highest BCUT2D eigenvalue weighted by Crippen LogP contribution is 2.25. The molecule has 1 heterocycles. The highest BCUT2D eigenvalue weighted by atomic mass is 16.2. The van der Waals surface area contributed by atoms with Crippen molar-refractivity contribution in [3.8, 4) is 6.07 Å². The summed E-state index contributed by atoms with van der Waals surface area (Å²) < 4.78 is 0. The van der Waals surface area contributed by atoms with Gasteiger partial charge in [-0.1, -0.05) is 42.5 Å². The molecule has 1 unspecified atom stereocenters. The summed E-state index contributed by atoms with van der Waals surface area (Å²) >= 11 is 0. The van der Waals surface area contributed by atoms with Crippen LogP contribution >= 0.6 is 0 Å². The molecule has 1 saturated heterocycles. The van der Waals surface area contributed by atoms with E-state index in [-0.39, 0.29) is 11.9 Å². The zero-order valence-corrected chi connectivity index (χ0v) is 14.6. The standard InChI is InChI=1S/C21H23N3O/c1-23-13-14-24(20(16-23)19-5-3-2-4-6-19)21(25)12-11-17-7-9-18(15-22)10-8-17/h2-10,20H,11-14,16H2,1H3. The monoisotopic (exact) mass is 333 g/mol. The summed E-state index contributed by atoms with van der Waals surface area (Å²) in [5.74, 6) is 0.200. The van der Waals surface area contributed by atoms with Crippen LogP contribution in [0.5, 0.6) is 0 Å². The number of aryl methyl sites for hydroxylation is 1. The van der Waals surface area contributed by atoms with E-state index < -0.39 is 0 Å². The lowest BCUT2D eigenvalue weighted by Gasteiger charge is -2.40. The number of rotatable bonds is 4. The number of carbonyl (C=O) groups excluding carboxylic acids is 1. The van der Waals surface area contributed by atoms with Crippen LogP contribution in [0.1, 0.15) is 29.2 Å². The van der Waals surface area contributed by atoms with Gasteiger partial charge < -0.3 is 9.80 Å². The molecule has 4 heteroatoms. The quantitative estimate of drug-likeness (QED) is 0.864. The maximum atomic E-state index is 12.8. The Morgan fingerprint density at radius 1 is 1.12 bits per heavy atom. The highest BCUT2D eigenvalue weighted by Gasteiger charge is 2.29. The minimum atomic E-state index is 0.119. The van der Waals surface area contributed by atoms with Crippen LogP contribution in [0.2, 0.25) is 0 Å². The first-order chi connectivity index (χ1) is 12.2. The van der Waals surface area contributed by atoms with Crippen LogP contribution in [0.25, 0.3) is 0 Å². The molecule has 128 valence electrons. The maximum Gasteiger partial charge on any atom is 0.223 e. The van der Waals surface area contributed by atoms with E-state index in [9.17, 15) is 4.79 Å². The molecule has 1 aliphatic heterocycles. The number of carbonyl (C=O) groups is 1. The van der Waals surface area contributed by atoms with Gasteiger partial charge in [0.05, 0.1) is 17.7 Å². The molecule has 2 aromatic carbocycles. The van der Waals surface area contributed by atoms with Gasteiger partial charge in [0.15, 0.2) is 0 Å². The number of hydrogen-bond donors (Lipinski definition) is 0. The second-order valence-corrected chi connectivity index (χ2v) is 6.58. The van der Waals surface area contributed by atoms with Gasteiger partial charge in [-0.05, 0) is 36.7 Å². The Hall–Kier alpha value is -2.64. The molecular formula is C21H23N3O. The average Bonchev–Trinajstić information content (AvgIpc) is 2.67. The summed E-state index contributed by atoms with van der Waals surface area (Å²) in [4.78, 5) is 17.1. The molecule has 4 nitrogen and oxygen atoms in total. The molecule has 0 radical (unpaired) electrons. The Kier molecular flexibility index (Phi) is 5.47. The average molecular weight is 333 g/mol. The van der Waals surface area contributed by atoms with Crippen molar-refractivity contribution in [1.82, 2.24) is 9.80 Å². The number of hydrogen-bond acceptors (Lipinski definition) is 3. The fourth-order valence-corrected chi connectivity index (χ4v) is 3.32. The van der Waals surface area contributed by atoms with E-state index in [1.807, 2.05) is 47.4 Å². The van der Waals surface area contributed by atoms with Gasteiger partial charge in [0.1, 0.15) is 0 Å². The summed E-state index contributed by atoms with van der Waals surface area (Å²) in [6, 6.07) is 20.0. The first-order valence-electron chi connectivity index (χ1n) is 8.69. The van der Waals surface area contributed by atoms with E-state index >= 15 is 0 Å². The van der Waals surface area contributed by atoms with Crippen molar-refractivity contribution >= 4 is 5.91 Å². The van der Waals surface area contributed by atoms with Gasteiger partial charge in [0.25, 0.3) is 0 Å². The summed E-state index contributed by atoms with van der Waals surface area (Å²) in [7, 11) is 2.11. The lowest BCUT2D eigenvalue weighted by atomic mass is 10.0. The molecular weight excluding hydrogens is 310 g/mol. The van der Waals surface area contributed by atoms with Crippen molar-refractivity contribution in [3.05, 3.63) is 71.3 Å². The van der Waals surface area contributed by atoms with E-state index in [1.165, 1.54) is 5.56 Å². The molecule has 25 heavy (non-hydrogen) atoms.